The number of rotatable bonds is 0. The highest BCUT2D eigenvalue weighted by Crippen LogP contribution is 3.01. The largest absolute Gasteiger partial charge is 0.112 e. The van der Waals surface area contributed by atoms with E-state index in [0.29, 0.717) is 118 Å². The Bertz CT molecular complexity index is 6080. The molecule has 1 heterocycles. The second-order valence-corrected chi connectivity index (χ2v) is 35.9. The smallest absolute Gasteiger partial charge is 0.0645 e. The summed E-state index contributed by atoms with van der Waals surface area (Å²) in [6.07, 6.45) is 0. The molecule has 360 valence electrons. The summed E-state index contributed by atoms with van der Waals surface area (Å²) in [5.41, 5.74) is 49.7. The van der Waals surface area contributed by atoms with Crippen molar-refractivity contribution < 1.29 is 0 Å². The minimum Gasteiger partial charge on any atom is -0.112 e. The van der Waals surface area contributed by atoms with Crippen LogP contribution in [0.5, 0.6) is 0 Å². The van der Waals surface area contributed by atoms with Gasteiger partial charge in [-0.3, -0.25) is 0 Å². The Labute approximate surface area is 455 Å². The second-order valence-electron chi connectivity index (χ2n) is 34.7. The van der Waals surface area contributed by atoms with Gasteiger partial charge in [-0.1, -0.05) is 65.8 Å². The SMILES string of the molecule is CC(C)(C)c1ccc2c3c(c(C(C)(C)C)cc2c1)C12c4c5c6c7c8c9c%10c%11c%12c%13c%14c%15c(c%16c%13c%10c7c4-%16)C1(S3)C1C%15C3c4c7c%10c%13c%15c%16c%17c%18c%19c%20c%21c%22c%23c(c4c4c%22c%19c%16c%104)C3C%14C%12C%23C%21C%11C9C%20C%18C8C6C%17C%15C5C2C%13C71. The van der Waals surface area contributed by atoms with Gasteiger partial charge in [0.15, 0.2) is 0 Å². The third kappa shape index (κ3) is 2.02. The van der Waals surface area contributed by atoms with Gasteiger partial charge in [0.2, 0.25) is 0 Å². The van der Waals surface area contributed by atoms with E-state index in [1.54, 1.807) is 15.8 Å². The minimum absolute atomic E-state index is 0.00947. The summed E-state index contributed by atoms with van der Waals surface area (Å²) in [4.78, 5) is 1.77. The molecule has 23 aliphatic rings. The average molecular weight is 1010 g/mol. The molecule has 79 heavy (non-hydrogen) atoms. The summed E-state index contributed by atoms with van der Waals surface area (Å²) in [5, 5.41) is 33.8. The van der Waals surface area contributed by atoms with Gasteiger partial charge in [0, 0.05) is 10.3 Å². The Morgan fingerprint density at radius 1 is 0.316 bits per heavy atom. The fourth-order valence-electron chi connectivity index (χ4n) is 33.8. The summed E-state index contributed by atoms with van der Waals surface area (Å²) >= 11 is 2.63. The van der Waals surface area contributed by atoms with Gasteiger partial charge in [-0.05, 0) is 365 Å². The third-order valence-corrected chi connectivity index (χ3v) is 34.7. The van der Waals surface area contributed by atoms with Gasteiger partial charge in [0.05, 0.1) is 4.75 Å². The average Bonchev–Trinajstić information content (AvgIpc) is 1.41. The lowest BCUT2D eigenvalue weighted by atomic mass is 9.39. The van der Waals surface area contributed by atoms with E-state index in [4.69, 9.17) is 0 Å². The molecule has 12 aromatic carbocycles. The van der Waals surface area contributed by atoms with Crippen LogP contribution in [-0.4, -0.2) is 0 Å². The van der Waals surface area contributed by atoms with Crippen molar-refractivity contribution in [3.05, 3.63) is 152 Å². The quantitative estimate of drug-likeness (QED) is 0.136. The molecular weight excluding hydrogens is 969 g/mol. The van der Waals surface area contributed by atoms with Crippen LogP contribution in [0.25, 0.3) is 108 Å². The van der Waals surface area contributed by atoms with Crippen LogP contribution in [0.3, 0.4) is 0 Å². The Kier molecular flexibility index (Phi) is 3.37. The zero-order valence-electron chi connectivity index (χ0n) is 44.3. The van der Waals surface area contributed by atoms with Gasteiger partial charge >= 0.3 is 0 Å². The number of hydrogen-bond donors (Lipinski definition) is 0. The number of hydrogen-bond acceptors (Lipinski definition) is 1. The molecule has 22 unspecified atom stereocenters. The molecule has 0 radical (unpaired) electrons. The molecule has 35 rings (SSSR count). The standard InChI is InChI=1S/C78H42S/c1-75(2,3)12-7-8-13-11(9-12)10-14(76(4,5)6)69-74(13)79-78-72-65-59-49-37-29-21-17-15-16-19-23(21)31(37)41-35-27(19)28-20(16)24-22-18(15)26-25(17)33-39(29)47-53-43(33)44-34(26)40-30(22)38-32(24)42-36(28)46-45(35)57(51(41)59)67(72)68-58(46)52(42)60-50(38)56-48(40)54(44)62-61(53)70(63(65)55(47)49)77(69,78)71(62)64(56)66(60)73(68)78/h7-10,17,19,21,23,25,27,33,35,43-46,54,58,62,64,66,68,71,73H,1-6H3. The molecule has 0 nitrogen and oxygen atoms in total. The van der Waals surface area contributed by atoms with Crippen molar-refractivity contribution >= 4 is 109 Å². The summed E-state index contributed by atoms with van der Waals surface area (Å²) in [7, 11) is 0. The van der Waals surface area contributed by atoms with Gasteiger partial charge in [0.25, 0.3) is 0 Å². The van der Waals surface area contributed by atoms with Crippen LogP contribution in [0.2, 0.25) is 0 Å². The number of thioether (sulfide) groups is 1. The molecule has 1 fully saturated rings. The highest BCUT2D eigenvalue weighted by Gasteiger charge is 2.90. The van der Waals surface area contributed by atoms with Gasteiger partial charge in [-0.2, -0.15) is 0 Å². The molecule has 0 saturated heterocycles. The lowest BCUT2D eigenvalue weighted by molar-refractivity contribution is 0.0334. The first-order valence-electron chi connectivity index (χ1n) is 32.2. The molecule has 1 saturated carbocycles. The molecule has 12 aromatic rings. The molecule has 22 aliphatic carbocycles. The molecule has 0 aromatic heterocycles. The van der Waals surface area contributed by atoms with Crippen molar-refractivity contribution in [1.82, 2.24) is 0 Å². The van der Waals surface area contributed by atoms with E-state index in [-0.39, 0.29) is 21.0 Å². The lowest BCUT2D eigenvalue weighted by Crippen LogP contribution is -2.62. The highest BCUT2D eigenvalue weighted by molar-refractivity contribution is 8.01. The molecule has 1 heteroatoms. The van der Waals surface area contributed by atoms with Crippen LogP contribution in [-0.2, 0) is 21.0 Å². The van der Waals surface area contributed by atoms with Crippen molar-refractivity contribution in [3.63, 3.8) is 0 Å². The number of benzene rings is 11. The van der Waals surface area contributed by atoms with E-state index < -0.39 is 0 Å². The topological polar surface area (TPSA) is 0 Å². The summed E-state index contributed by atoms with van der Waals surface area (Å²) in [5.74, 6) is 12.7. The summed E-state index contributed by atoms with van der Waals surface area (Å²) in [6, 6.07) is 10.9. The molecule has 0 bridgehead atoms. The van der Waals surface area contributed by atoms with Crippen LogP contribution < -0.4 is 0 Å². The van der Waals surface area contributed by atoms with Gasteiger partial charge in [0.1, 0.15) is 0 Å². The van der Waals surface area contributed by atoms with Gasteiger partial charge in [-0.25, -0.2) is 0 Å². The molecule has 1 aliphatic heterocycles. The summed E-state index contributed by atoms with van der Waals surface area (Å²) in [6.45, 7) is 15.4. The maximum absolute atomic E-state index is 2.88. The predicted molar refractivity (Wildman–Crippen MR) is 311 cm³/mol. The Balaban J connectivity index is 0.948. The maximum Gasteiger partial charge on any atom is 0.0645 e. The third-order valence-electron chi connectivity index (χ3n) is 32.9. The van der Waals surface area contributed by atoms with E-state index in [0.717, 1.165) is 0 Å². The fraction of sp³-hybridized carbons (Fsp3) is 0.385. The zero-order chi connectivity index (χ0) is 48.5. The van der Waals surface area contributed by atoms with Crippen molar-refractivity contribution in [1.29, 1.82) is 0 Å². The summed E-state index contributed by atoms with van der Waals surface area (Å²) < 4.78 is -0.0279. The van der Waals surface area contributed by atoms with Crippen LogP contribution in [0.4, 0.5) is 0 Å². The normalized spacial score (nSPS) is 44.4. The van der Waals surface area contributed by atoms with Crippen molar-refractivity contribution in [2.24, 2.45) is 11.8 Å². The van der Waals surface area contributed by atoms with Crippen molar-refractivity contribution in [3.8, 4) is 11.1 Å². The molecule has 0 amide bonds. The fourth-order valence-corrected chi connectivity index (χ4v) is 36.0. The van der Waals surface area contributed by atoms with Crippen LogP contribution in [0.15, 0.2) is 29.2 Å². The maximum atomic E-state index is 2.88. The van der Waals surface area contributed by atoms with Crippen LogP contribution in [0.1, 0.15) is 276 Å². The first-order chi connectivity index (χ1) is 38.6. The Morgan fingerprint density at radius 3 is 1.10 bits per heavy atom. The monoisotopic (exact) mass is 1010 g/mol. The second kappa shape index (κ2) is 7.88. The van der Waals surface area contributed by atoms with Crippen LogP contribution >= 0.6 is 11.8 Å². The molecule has 2 spiro atoms. The number of fused-ring (bicyclic) bond motifs is 3. The first kappa shape index (κ1) is 33.8. The zero-order valence-corrected chi connectivity index (χ0v) is 45.1. The predicted octanol–water partition coefficient (Wildman–Crippen LogP) is 18.3. The van der Waals surface area contributed by atoms with E-state index in [1.807, 2.05) is 203 Å². The Morgan fingerprint density at radius 2 is 0.658 bits per heavy atom. The molecule has 0 N–H and O–H groups in total. The van der Waals surface area contributed by atoms with Crippen molar-refractivity contribution in [2.75, 3.05) is 0 Å². The van der Waals surface area contributed by atoms with E-state index in [9.17, 15) is 0 Å². The first-order valence-corrected chi connectivity index (χ1v) is 33.0. The van der Waals surface area contributed by atoms with Gasteiger partial charge < -0.3 is 0 Å². The Hall–Kier alpha value is -5.89. The van der Waals surface area contributed by atoms with Crippen molar-refractivity contribution in [2.45, 2.75) is 174 Å². The van der Waals surface area contributed by atoms with E-state index in [1.165, 1.54) is 10.9 Å². The van der Waals surface area contributed by atoms with Crippen LogP contribution in [0, 0.1) is 11.8 Å². The van der Waals surface area contributed by atoms with E-state index in [2.05, 4.69) is 88.7 Å². The molecular formula is C78H42S. The molecule has 22 atom stereocenters. The van der Waals surface area contributed by atoms with E-state index >= 15 is 0 Å². The minimum atomic E-state index is -0.0694. The van der Waals surface area contributed by atoms with Gasteiger partial charge in [-0.15, -0.1) is 11.8 Å². The highest BCUT2D eigenvalue weighted by atomic mass is 32.2. The lowest BCUT2D eigenvalue weighted by Gasteiger charge is -2.65.